The Bertz CT molecular complexity index is 489. The normalized spacial score (nSPS) is 18.4. The molecule has 2 heteroatoms. The van der Waals surface area contributed by atoms with Crippen LogP contribution in [-0.2, 0) is 0 Å². The largest absolute Gasteiger partial charge is 0.508 e. The topological polar surface area (TPSA) is 23.5 Å². The van der Waals surface area contributed by atoms with Gasteiger partial charge in [0.25, 0.3) is 0 Å². The molecule has 1 N–H and O–H groups in total. The molecule has 2 nitrogen and oxygen atoms in total. The van der Waals surface area contributed by atoms with Crippen LogP contribution in [0.1, 0.15) is 74.7 Å². The molecule has 0 bridgehead atoms. The molecule has 0 fully saturated rings. The number of hydrogen-bond donors (Lipinski definition) is 1. The zero-order valence-electron chi connectivity index (χ0n) is 16.6. The maximum atomic E-state index is 10.8. The first kappa shape index (κ1) is 19.9. The van der Waals surface area contributed by atoms with Crippen molar-refractivity contribution in [3.8, 4) is 0 Å². The van der Waals surface area contributed by atoms with E-state index in [2.05, 4.69) is 72.6 Å². The summed E-state index contributed by atoms with van der Waals surface area (Å²) in [6.45, 7) is 19.7. The SMILES string of the molecule is CCCN(C=C1C=C(C(C)(C)C)C(O)=C(C(C)(C)C)C1)CCC. The maximum Gasteiger partial charge on any atom is 0.119 e. The van der Waals surface area contributed by atoms with Crippen molar-refractivity contribution in [3.63, 3.8) is 0 Å². The second-order valence-corrected chi connectivity index (χ2v) is 8.80. The molecule has 0 atom stereocenters. The van der Waals surface area contributed by atoms with Gasteiger partial charge in [-0.05, 0) is 52.9 Å². The number of allylic oxidation sites excluding steroid dienone is 4. The van der Waals surface area contributed by atoms with E-state index in [0.717, 1.165) is 43.5 Å². The van der Waals surface area contributed by atoms with Gasteiger partial charge in [0.05, 0.1) is 0 Å². The van der Waals surface area contributed by atoms with E-state index in [1.165, 1.54) is 5.57 Å². The van der Waals surface area contributed by atoms with E-state index in [4.69, 9.17) is 0 Å². The van der Waals surface area contributed by atoms with Crippen molar-refractivity contribution in [1.82, 2.24) is 4.90 Å². The summed E-state index contributed by atoms with van der Waals surface area (Å²) in [5, 5.41) is 10.8. The van der Waals surface area contributed by atoms with Crippen molar-refractivity contribution in [3.05, 3.63) is 34.8 Å². The summed E-state index contributed by atoms with van der Waals surface area (Å²) in [5.41, 5.74) is 3.46. The van der Waals surface area contributed by atoms with Crippen LogP contribution in [0.2, 0.25) is 0 Å². The number of aliphatic hydroxyl groups is 1. The number of nitrogens with zero attached hydrogens (tertiary/aromatic N) is 1. The van der Waals surface area contributed by atoms with E-state index in [9.17, 15) is 5.11 Å². The molecule has 132 valence electrons. The quantitative estimate of drug-likeness (QED) is 0.649. The number of hydrogen-bond acceptors (Lipinski definition) is 2. The zero-order chi connectivity index (χ0) is 17.8. The van der Waals surface area contributed by atoms with E-state index < -0.39 is 0 Å². The van der Waals surface area contributed by atoms with Gasteiger partial charge in [-0.2, -0.15) is 0 Å². The lowest BCUT2D eigenvalue weighted by Crippen LogP contribution is -2.24. The van der Waals surface area contributed by atoms with Crippen molar-refractivity contribution in [1.29, 1.82) is 0 Å². The van der Waals surface area contributed by atoms with Crippen molar-refractivity contribution in [2.24, 2.45) is 10.8 Å². The van der Waals surface area contributed by atoms with Crippen molar-refractivity contribution >= 4 is 0 Å². The first-order chi connectivity index (χ1) is 10.5. The minimum absolute atomic E-state index is 0.0196. The van der Waals surface area contributed by atoms with Gasteiger partial charge >= 0.3 is 0 Å². The Morgan fingerprint density at radius 2 is 1.52 bits per heavy atom. The Morgan fingerprint density at radius 1 is 1.00 bits per heavy atom. The summed E-state index contributed by atoms with van der Waals surface area (Å²) in [7, 11) is 0. The average molecular weight is 320 g/mol. The third-order valence-corrected chi connectivity index (χ3v) is 4.33. The predicted molar refractivity (Wildman–Crippen MR) is 102 cm³/mol. The van der Waals surface area contributed by atoms with Crippen LogP contribution >= 0.6 is 0 Å². The average Bonchev–Trinajstić information content (AvgIpc) is 2.38. The van der Waals surface area contributed by atoms with Gasteiger partial charge < -0.3 is 10.0 Å². The summed E-state index contributed by atoms with van der Waals surface area (Å²) in [6.07, 6.45) is 7.69. The molecule has 0 saturated heterocycles. The lowest BCUT2D eigenvalue weighted by Gasteiger charge is -2.34. The fraction of sp³-hybridized carbons (Fsp3) is 0.714. The Hall–Kier alpha value is -1.18. The van der Waals surface area contributed by atoms with Crippen molar-refractivity contribution in [2.45, 2.75) is 74.7 Å². The summed E-state index contributed by atoms with van der Waals surface area (Å²) < 4.78 is 0. The molecule has 0 radical (unpaired) electrons. The molecule has 0 unspecified atom stereocenters. The van der Waals surface area contributed by atoms with Crippen molar-refractivity contribution < 1.29 is 5.11 Å². The van der Waals surface area contributed by atoms with Crippen LogP contribution in [0.3, 0.4) is 0 Å². The van der Waals surface area contributed by atoms with Crippen LogP contribution in [0.4, 0.5) is 0 Å². The molecule has 1 aliphatic rings. The summed E-state index contributed by atoms with van der Waals surface area (Å²) >= 11 is 0. The summed E-state index contributed by atoms with van der Waals surface area (Å²) in [5.74, 6) is 0.514. The van der Waals surface area contributed by atoms with Gasteiger partial charge in [0, 0.05) is 19.3 Å². The number of aliphatic hydroxyl groups excluding tert-OH is 1. The molecular weight excluding hydrogens is 282 g/mol. The zero-order valence-corrected chi connectivity index (χ0v) is 16.6. The van der Waals surface area contributed by atoms with E-state index in [1.807, 2.05) is 0 Å². The molecule has 0 aromatic rings. The summed E-state index contributed by atoms with van der Waals surface area (Å²) in [4.78, 5) is 2.43. The van der Waals surface area contributed by atoms with Gasteiger partial charge in [0.1, 0.15) is 5.76 Å². The molecule has 23 heavy (non-hydrogen) atoms. The smallest absolute Gasteiger partial charge is 0.119 e. The van der Waals surface area contributed by atoms with Gasteiger partial charge in [-0.25, -0.2) is 0 Å². The highest BCUT2D eigenvalue weighted by Crippen LogP contribution is 2.43. The fourth-order valence-corrected chi connectivity index (χ4v) is 3.08. The minimum Gasteiger partial charge on any atom is -0.508 e. The molecule has 0 amide bonds. The van der Waals surface area contributed by atoms with E-state index in [0.29, 0.717) is 5.76 Å². The number of rotatable bonds is 5. The van der Waals surface area contributed by atoms with Crippen LogP contribution in [0.25, 0.3) is 0 Å². The Balaban J connectivity index is 3.30. The minimum atomic E-state index is -0.0551. The van der Waals surface area contributed by atoms with Gasteiger partial charge in [-0.15, -0.1) is 0 Å². The molecule has 1 rings (SSSR count). The van der Waals surface area contributed by atoms with Gasteiger partial charge in [0.2, 0.25) is 0 Å². The van der Waals surface area contributed by atoms with Crippen LogP contribution in [-0.4, -0.2) is 23.1 Å². The standard InChI is InChI=1S/C21H37NO/c1-9-11-22(12-10-2)15-16-13-17(20(3,4)5)19(23)18(14-16)21(6,7)8/h13,15,23H,9-12,14H2,1-8H3. The van der Waals surface area contributed by atoms with Gasteiger partial charge in [0.15, 0.2) is 0 Å². The maximum absolute atomic E-state index is 10.8. The monoisotopic (exact) mass is 319 g/mol. The fourth-order valence-electron chi connectivity index (χ4n) is 3.08. The first-order valence-corrected chi connectivity index (χ1v) is 9.10. The third kappa shape index (κ3) is 5.44. The van der Waals surface area contributed by atoms with Crippen molar-refractivity contribution in [2.75, 3.05) is 13.1 Å². The van der Waals surface area contributed by atoms with Gasteiger partial charge in [-0.1, -0.05) is 55.4 Å². The molecule has 0 saturated carbocycles. The van der Waals surface area contributed by atoms with E-state index >= 15 is 0 Å². The molecule has 0 spiro atoms. The summed E-state index contributed by atoms with van der Waals surface area (Å²) in [6, 6.07) is 0. The lowest BCUT2D eigenvalue weighted by atomic mass is 9.73. The third-order valence-electron chi connectivity index (χ3n) is 4.33. The molecular formula is C21H37NO. The van der Waals surface area contributed by atoms with E-state index in [1.54, 1.807) is 0 Å². The van der Waals surface area contributed by atoms with E-state index in [-0.39, 0.29) is 10.8 Å². The highest BCUT2D eigenvalue weighted by Gasteiger charge is 2.31. The van der Waals surface area contributed by atoms with Crippen LogP contribution < -0.4 is 0 Å². The molecule has 0 aromatic carbocycles. The molecule has 0 aromatic heterocycles. The molecule has 1 aliphatic carbocycles. The Labute approximate surface area is 144 Å². The van der Waals surface area contributed by atoms with Gasteiger partial charge in [-0.3, -0.25) is 0 Å². The second-order valence-electron chi connectivity index (χ2n) is 8.80. The van der Waals surface area contributed by atoms with Crippen LogP contribution in [0, 0.1) is 10.8 Å². The molecule has 0 aliphatic heterocycles. The lowest BCUT2D eigenvalue weighted by molar-refractivity contribution is 0.340. The second kappa shape index (κ2) is 7.59. The van der Waals surface area contributed by atoms with Crippen LogP contribution in [0.15, 0.2) is 34.8 Å². The highest BCUT2D eigenvalue weighted by molar-refractivity contribution is 5.47. The first-order valence-electron chi connectivity index (χ1n) is 9.10. The van der Waals surface area contributed by atoms with Crippen LogP contribution in [0.5, 0.6) is 0 Å². The highest BCUT2D eigenvalue weighted by atomic mass is 16.3. The Morgan fingerprint density at radius 3 is 1.91 bits per heavy atom. The predicted octanol–water partition coefficient (Wildman–Crippen LogP) is 6.23. The Kier molecular flexibility index (Phi) is 6.56. The molecule has 0 heterocycles.